The van der Waals surface area contributed by atoms with Crippen molar-refractivity contribution in [2.75, 3.05) is 0 Å². The molecule has 0 unspecified atom stereocenters. The van der Waals surface area contributed by atoms with Gasteiger partial charge in [0.2, 0.25) is 0 Å². The first-order valence-corrected chi connectivity index (χ1v) is 5.61. The van der Waals surface area contributed by atoms with E-state index in [9.17, 15) is 9.18 Å². The van der Waals surface area contributed by atoms with Crippen LogP contribution in [0.1, 0.15) is 30.1 Å². The second kappa shape index (κ2) is 5.86. The van der Waals surface area contributed by atoms with Gasteiger partial charge < -0.3 is 0 Å². The maximum atomic E-state index is 12.8. The molecule has 1 aromatic rings. The van der Waals surface area contributed by atoms with Crippen LogP contribution in [-0.2, 0) is 0 Å². The third-order valence-electron chi connectivity index (χ3n) is 1.89. The molecule has 0 N–H and O–H groups in total. The van der Waals surface area contributed by atoms with Crippen LogP contribution in [0.5, 0.6) is 0 Å². The molecule has 0 radical (unpaired) electrons. The summed E-state index contributed by atoms with van der Waals surface area (Å²) in [5, 5.41) is 0. The van der Waals surface area contributed by atoms with Crippen molar-refractivity contribution >= 4 is 28.4 Å². The van der Waals surface area contributed by atoms with E-state index < -0.39 is 0 Å². The lowest BCUT2D eigenvalue weighted by Gasteiger charge is -2.01. The molecule has 3 heteroatoms. The zero-order valence-electron chi connectivity index (χ0n) is 8.31. The molecule has 0 bridgehead atoms. The van der Waals surface area contributed by atoms with Gasteiger partial charge in [0.05, 0.1) is 0 Å². The van der Waals surface area contributed by atoms with Crippen LogP contribution in [0.2, 0.25) is 0 Å². The lowest BCUT2D eigenvalue weighted by atomic mass is 10.1. The van der Waals surface area contributed by atoms with Crippen LogP contribution in [0.4, 0.5) is 4.39 Å². The van der Waals surface area contributed by atoms with Crippen molar-refractivity contribution in [3.05, 3.63) is 33.1 Å². The largest absolute Gasteiger partial charge is 0.294 e. The van der Waals surface area contributed by atoms with E-state index in [0.717, 1.165) is 0 Å². The smallest absolute Gasteiger partial charge is 0.164 e. The molecular weight excluding hydrogens is 306 g/mol. The summed E-state index contributed by atoms with van der Waals surface area (Å²) >= 11 is 1.97. The molecule has 0 aliphatic rings. The summed E-state index contributed by atoms with van der Waals surface area (Å²) in [6.07, 6.45) is 0.950. The molecule has 0 amide bonds. The average molecular weight is 316 g/mol. The maximum Gasteiger partial charge on any atom is 0.164 e. The number of carbonyl (C=O) groups is 1. The fraction of sp³-hybridized carbons (Fsp3) is 0.250. The van der Waals surface area contributed by atoms with Gasteiger partial charge in [-0.1, -0.05) is 0 Å². The number of hydrogen-bond donors (Lipinski definition) is 0. The highest BCUT2D eigenvalue weighted by Crippen LogP contribution is 2.16. The van der Waals surface area contributed by atoms with Crippen molar-refractivity contribution in [2.24, 2.45) is 0 Å². The molecule has 1 aromatic carbocycles. The Morgan fingerprint density at radius 3 is 2.87 bits per heavy atom. The predicted octanol–water partition coefficient (Wildman–Crippen LogP) is 3.42. The fourth-order valence-corrected chi connectivity index (χ4v) is 1.93. The third kappa shape index (κ3) is 3.63. The van der Waals surface area contributed by atoms with E-state index >= 15 is 0 Å². The van der Waals surface area contributed by atoms with E-state index in [-0.39, 0.29) is 11.6 Å². The SMILES string of the molecule is CC#CCCC(=O)c1ccc(F)cc1I. The van der Waals surface area contributed by atoms with Crippen LogP contribution in [0.3, 0.4) is 0 Å². The normalized spacial score (nSPS) is 9.27. The fourth-order valence-electron chi connectivity index (χ4n) is 1.15. The number of halogens is 2. The molecule has 1 nitrogen and oxygen atoms in total. The number of hydrogen-bond acceptors (Lipinski definition) is 1. The van der Waals surface area contributed by atoms with Gasteiger partial charge in [-0.25, -0.2) is 4.39 Å². The molecule has 0 spiro atoms. The summed E-state index contributed by atoms with van der Waals surface area (Å²) in [6, 6.07) is 4.19. The Bertz CT molecular complexity index is 429. The van der Waals surface area contributed by atoms with Crippen LogP contribution >= 0.6 is 22.6 Å². The number of rotatable bonds is 3. The van der Waals surface area contributed by atoms with E-state index in [1.165, 1.54) is 18.2 Å². The molecule has 0 saturated heterocycles. The summed E-state index contributed by atoms with van der Waals surface area (Å²) in [4.78, 5) is 11.7. The highest BCUT2D eigenvalue weighted by Gasteiger charge is 2.09. The van der Waals surface area contributed by atoms with Crippen LogP contribution in [0.15, 0.2) is 18.2 Å². The number of carbonyl (C=O) groups excluding carboxylic acids is 1. The average Bonchev–Trinajstić information content (AvgIpc) is 2.17. The topological polar surface area (TPSA) is 17.1 Å². The van der Waals surface area contributed by atoms with E-state index in [1.807, 2.05) is 22.6 Å². The van der Waals surface area contributed by atoms with E-state index in [1.54, 1.807) is 6.92 Å². The van der Waals surface area contributed by atoms with Crippen molar-refractivity contribution in [3.8, 4) is 11.8 Å². The molecule has 78 valence electrons. The van der Waals surface area contributed by atoms with Gasteiger partial charge in [0.15, 0.2) is 5.78 Å². The minimum atomic E-state index is -0.315. The van der Waals surface area contributed by atoms with Gasteiger partial charge in [0, 0.05) is 22.0 Å². The van der Waals surface area contributed by atoms with Gasteiger partial charge >= 0.3 is 0 Å². The quantitative estimate of drug-likeness (QED) is 0.474. The molecule has 0 saturated carbocycles. The summed E-state index contributed by atoms with van der Waals surface area (Å²) in [5.41, 5.74) is 0.579. The van der Waals surface area contributed by atoms with Crippen molar-refractivity contribution in [3.63, 3.8) is 0 Å². The van der Waals surface area contributed by atoms with Crippen LogP contribution < -0.4 is 0 Å². The van der Waals surface area contributed by atoms with Crippen molar-refractivity contribution in [2.45, 2.75) is 19.8 Å². The molecule has 0 aromatic heterocycles. The summed E-state index contributed by atoms with van der Waals surface area (Å²) in [6.45, 7) is 1.74. The molecule has 15 heavy (non-hydrogen) atoms. The molecule has 1 rings (SSSR count). The van der Waals surface area contributed by atoms with Crippen molar-refractivity contribution in [1.82, 2.24) is 0 Å². The Hall–Kier alpha value is -0.890. The first kappa shape index (κ1) is 12.2. The highest BCUT2D eigenvalue weighted by molar-refractivity contribution is 14.1. The Balaban J connectivity index is 2.76. The Morgan fingerprint density at radius 2 is 2.27 bits per heavy atom. The second-order valence-electron chi connectivity index (χ2n) is 2.97. The lowest BCUT2D eigenvalue weighted by molar-refractivity contribution is 0.0983. The van der Waals surface area contributed by atoms with E-state index in [4.69, 9.17) is 0 Å². The lowest BCUT2D eigenvalue weighted by Crippen LogP contribution is -2.01. The van der Waals surface area contributed by atoms with Crippen LogP contribution in [0.25, 0.3) is 0 Å². The van der Waals surface area contributed by atoms with Crippen LogP contribution in [0, 0.1) is 21.2 Å². The van der Waals surface area contributed by atoms with Crippen molar-refractivity contribution < 1.29 is 9.18 Å². The molecule has 0 heterocycles. The molecule has 0 aliphatic heterocycles. The molecule has 0 aliphatic carbocycles. The third-order valence-corrected chi connectivity index (χ3v) is 2.78. The van der Waals surface area contributed by atoms with Gasteiger partial charge in [-0.15, -0.1) is 11.8 Å². The number of Topliss-reactive ketones (excluding diaryl/α,β-unsaturated/α-hetero) is 1. The van der Waals surface area contributed by atoms with Gasteiger partial charge in [-0.05, 0) is 47.7 Å². The molecule has 0 atom stereocenters. The zero-order chi connectivity index (χ0) is 11.3. The number of benzene rings is 1. The highest BCUT2D eigenvalue weighted by atomic mass is 127. The van der Waals surface area contributed by atoms with Gasteiger partial charge in [-0.3, -0.25) is 4.79 Å². The van der Waals surface area contributed by atoms with E-state index in [2.05, 4.69) is 11.8 Å². The Morgan fingerprint density at radius 1 is 1.53 bits per heavy atom. The van der Waals surface area contributed by atoms with Gasteiger partial charge in [0.1, 0.15) is 5.82 Å². The second-order valence-corrected chi connectivity index (χ2v) is 4.14. The van der Waals surface area contributed by atoms with Crippen molar-refractivity contribution in [1.29, 1.82) is 0 Å². The van der Waals surface area contributed by atoms with E-state index in [0.29, 0.717) is 22.0 Å². The number of ketones is 1. The minimum Gasteiger partial charge on any atom is -0.294 e. The standard InChI is InChI=1S/C12H10FIO/c1-2-3-4-5-12(15)10-7-6-9(13)8-11(10)14/h6-8H,4-5H2,1H3. The summed E-state index contributed by atoms with van der Waals surface area (Å²) in [5.74, 6) is 5.27. The molecular formula is C12H10FIO. The van der Waals surface area contributed by atoms with Gasteiger partial charge in [0.25, 0.3) is 0 Å². The maximum absolute atomic E-state index is 12.8. The molecule has 0 fully saturated rings. The summed E-state index contributed by atoms with van der Waals surface area (Å²) < 4.78 is 13.4. The predicted molar refractivity (Wildman–Crippen MR) is 66.1 cm³/mol. The van der Waals surface area contributed by atoms with Gasteiger partial charge in [-0.2, -0.15) is 0 Å². The first-order valence-electron chi connectivity index (χ1n) is 4.53. The summed E-state index contributed by atoms with van der Waals surface area (Å²) in [7, 11) is 0. The first-order chi connectivity index (χ1) is 7.15. The zero-order valence-corrected chi connectivity index (χ0v) is 10.5. The Labute approximate surface area is 102 Å². The monoisotopic (exact) mass is 316 g/mol. The van der Waals surface area contributed by atoms with Crippen LogP contribution in [-0.4, -0.2) is 5.78 Å². The Kier molecular flexibility index (Phi) is 4.76. The minimum absolute atomic E-state index is 0.0159.